The van der Waals surface area contributed by atoms with Gasteiger partial charge in [0.25, 0.3) is 0 Å². The van der Waals surface area contributed by atoms with E-state index in [1.165, 1.54) is 11.8 Å². The van der Waals surface area contributed by atoms with Crippen LogP contribution in [0.15, 0.2) is 53.4 Å². The van der Waals surface area contributed by atoms with Gasteiger partial charge in [0, 0.05) is 22.6 Å². The molecule has 0 fully saturated rings. The Bertz CT molecular complexity index is 731. The van der Waals surface area contributed by atoms with Crippen molar-refractivity contribution in [3.05, 3.63) is 54.1 Å². The smallest absolute Gasteiger partial charge is 0.230 e. The number of fused-ring (bicyclic) bond motifs is 1. The lowest BCUT2D eigenvalue weighted by Crippen LogP contribution is -2.41. The van der Waals surface area contributed by atoms with Crippen LogP contribution in [0.3, 0.4) is 0 Å². The monoisotopic (exact) mass is 342 g/mol. The van der Waals surface area contributed by atoms with Crippen molar-refractivity contribution in [2.75, 3.05) is 11.5 Å². The first-order valence-electron chi connectivity index (χ1n) is 7.99. The maximum atomic E-state index is 12.4. The first-order valence-corrected chi connectivity index (χ1v) is 8.97. The summed E-state index contributed by atoms with van der Waals surface area (Å²) >= 11 is 1.53. The van der Waals surface area contributed by atoms with Gasteiger partial charge in [-0.25, -0.2) is 0 Å². The van der Waals surface area contributed by atoms with Crippen molar-refractivity contribution in [2.45, 2.75) is 36.8 Å². The summed E-state index contributed by atoms with van der Waals surface area (Å²) in [4.78, 5) is 13.5. The van der Waals surface area contributed by atoms with E-state index in [2.05, 4.69) is 5.32 Å². The first kappa shape index (κ1) is 16.7. The SMILES string of the molecule is CC1(C)CC(NC(=O)CSc2ccccc2)c2cc(N)ccc2O1. The van der Waals surface area contributed by atoms with Crippen LogP contribution in [-0.2, 0) is 4.79 Å². The highest BCUT2D eigenvalue weighted by Gasteiger charge is 2.34. The number of amides is 1. The van der Waals surface area contributed by atoms with Crippen molar-refractivity contribution < 1.29 is 9.53 Å². The Hall–Kier alpha value is -2.14. The molecule has 1 aliphatic rings. The number of ether oxygens (including phenoxy) is 1. The summed E-state index contributed by atoms with van der Waals surface area (Å²) in [7, 11) is 0. The lowest BCUT2D eigenvalue weighted by atomic mass is 9.89. The Morgan fingerprint density at radius 3 is 2.79 bits per heavy atom. The van der Waals surface area contributed by atoms with Crippen LogP contribution in [0.2, 0.25) is 0 Å². The van der Waals surface area contributed by atoms with Gasteiger partial charge in [0.1, 0.15) is 11.4 Å². The number of hydrogen-bond acceptors (Lipinski definition) is 4. The van der Waals surface area contributed by atoms with Gasteiger partial charge < -0.3 is 15.8 Å². The van der Waals surface area contributed by atoms with Gasteiger partial charge >= 0.3 is 0 Å². The topological polar surface area (TPSA) is 64.4 Å². The molecule has 24 heavy (non-hydrogen) atoms. The zero-order valence-electron chi connectivity index (χ0n) is 13.9. The van der Waals surface area contributed by atoms with Crippen LogP contribution >= 0.6 is 11.8 Å². The van der Waals surface area contributed by atoms with Crippen molar-refractivity contribution in [2.24, 2.45) is 0 Å². The Labute approximate surface area is 146 Å². The molecule has 0 spiro atoms. The number of nitrogen functional groups attached to an aromatic ring is 1. The molecule has 1 heterocycles. The Balaban J connectivity index is 1.70. The molecular formula is C19H22N2O2S. The van der Waals surface area contributed by atoms with Crippen LogP contribution in [0.4, 0.5) is 5.69 Å². The molecule has 5 heteroatoms. The molecule has 2 aromatic carbocycles. The van der Waals surface area contributed by atoms with Crippen LogP contribution in [0.5, 0.6) is 5.75 Å². The third-order valence-corrected chi connectivity index (χ3v) is 4.95. The predicted molar refractivity (Wildman–Crippen MR) is 98.2 cm³/mol. The van der Waals surface area contributed by atoms with Crippen LogP contribution in [0.25, 0.3) is 0 Å². The summed E-state index contributed by atoms with van der Waals surface area (Å²) in [6.07, 6.45) is 0.713. The number of thioether (sulfide) groups is 1. The maximum absolute atomic E-state index is 12.4. The second kappa shape index (κ2) is 6.77. The lowest BCUT2D eigenvalue weighted by Gasteiger charge is -2.38. The number of nitrogens with one attached hydrogen (secondary N) is 1. The molecule has 0 saturated carbocycles. The molecule has 4 nitrogen and oxygen atoms in total. The average Bonchev–Trinajstić information content (AvgIpc) is 2.54. The van der Waals surface area contributed by atoms with Gasteiger partial charge in [-0.15, -0.1) is 11.8 Å². The van der Waals surface area contributed by atoms with Crippen LogP contribution in [0, 0.1) is 0 Å². The second-order valence-corrected chi connectivity index (χ2v) is 7.63. The van der Waals surface area contributed by atoms with E-state index in [4.69, 9.17) is 10.5 Å². The molecule has 2 aromatic rings. The minimum absolute atomic E-state index is 0.0138. The number of benzene rings is 2. The molecule has 3 rings (SSSR count). The van der Waals surface area contributed by atoms with Gasteiger partial charge in [-0.1, -0.05) is 18.2 Å². The number of nitrogens with two attached hydrogens (primary N) is 1. The van der Waals surface area contributed by atoms with Crippen LogP contribution in [0.1, 0.15) is 31.9 Å². The highest BCUT2D eigenvalue weighted by Crippen LogP contribution is 2.40. The summed E-state index contributed by atoms with van der Waals surface area (Å²) < 4.78 is 6.00. The van der Waals surface area contributed by atoms with Gasteiger partial charge in [0.05, 0.1) is 11.8 Å². The summed E-state index contributed by atoms with van der Waals surface area (Å²) in [5, 5.41) is 3.13. The van der Waals surface area contributed by atoms with E-state index in [1.54, 1.807) is 0 Å². The highest BCUT2D eigenvalue weighted by molar-refractivity contribution is 8.00. The largest absolute Gasteiger partial charge is 0.487 e. The summed E-state index contributed by atoms with van der Waals surface area (Å²) in [6, 6.07) is 15.4. The fourth-order valence-electron chi connectivity index (χ4n) is 2.90. The van der Waals surface area contributed by atoms with Crippen LogP contribution < -0.4 is 15.8 Å². The Kier molecular flexibility index (Phi) is 4.71. The van der Waals surface area contributed by atoms with E-state index < -0.39 is 0 Å². The van der Waals surface area contributed by atoms with Gasteiger partial charge in [-0.3, -0.25) is 4.79 Å². The Morgan fingerprint density at radius 1 is 1.29 bits per heavy atom. The number of anilines is 1. The maximum Gasteiger partial charge on any atom is 0.230 e. The van der Waals surface area contributed by atoms with Crippen molar-refractivity contribution in [1.29, 1.82) is 0 Å². The van der Waals surface area contributed by atoms with E-state index >= 15 is 0 Å². The van der Waals surface area contributed by atoms with Gasteiger partial charge in [-0.2, -0.15) is 0 Å². The second-order valence-electron chi connectivity index (χ2n) is 6.58. The molecule has 0 saturated heterocycles. The highest BCUT2D eigenvalue weighted by atomic mass is 32.2. The molecular weight excluding hydrogens is 320 g/mol. The lowest BCUT2D eigenvalue weighted by molar-refractivity contribution is -0.119. The molecule has 1 unspecified atom stereocenters. The minimum Gasteiger partial charge on any atom is -0.487 e. The van der Waals surface area contributed by atoms with Gasteiger partial charge in [0.2, 0.25) is 5.91 Å². The quantitative estimate of drug-likeness (QED) is 0.655. The minimum atomic E-state index is -0.326. The van der Waals surface area contributed by atoms with Crippen molar-refractivity contribution in [1.82, 2.24) is 5.32 Å². The van der Waals surface area contributed by atoms with Crippen molar-refractivity contribution in [3.63, 3.8) is 0 Å². The van der Waals surface area contributed by atoms with Gasteiger partial charge in [-0.05, 0) is 44.2 Å². The molecule has 1 amide bonds. The summed E-state index contributed by atoms with van der Waals surface area (Å²) in [6.45, 7) is 4.06. The molecule has 1 aliphatic heterocycles. The normalized spacial score (nSPS) is 18.3. The standard InChI is InChI=1S/C19H22N2O2S/c1-19(2)11-16(15-10-13(20)8-9-17(15)23-19)21-18(22)12-24-14-6-4-3-5-7-14/h3-10,16H,11-12,20H2,1-2H3,(H,21,22). The first-order chi connectivity index (χ1) is 11.4. The zero-order valence-corrected chi connectivity index (χ0v) is 14.7. The third kappa shape index (κ3) is 4.03. The molecule has 0 aliphatic carbocycles. The molecule has 0 radical (unpaired) electrons. The summed E-state index contributed by atoms with van der Waals surface area (Å²) in [5.41, 5.74) is 7.21. The van der Waals surface area contributed by atoms with E-state index in [1.807, 2.05) is 62.4 Å². The predicted octanol–water partition coefficient (Wildman–Crippen LogP) is 3.78. The molecule has 1 atom stereocenters. The Morgan fingerprint density at radius 2 is 2.04 bits per heavy atom. The van der Waals surface area contributed by atoms with Crippen LogP contribution in [-0.4, -0.2) is 17.3 Å². The number of carbonyl (C=O) groups excluding carboxylic acids is 1. The van der Waals surface area contributed by atoms with Gasteiger partial charge in [0.15, 0.2) is 0 Å². The molecule has 3 N–H and O–H groups in total. The fourth-order valence-corrected chi connectivity index (χ4v) is 3.63. The molecule has 0 aromatic heterocycles. The number of rotatable bonds is 4. The van der Waals surface area contributed by atoms with E-state index in [9.17, 15) is 4.79 Å². The third-order valence-electron chi connectivity index (χ3n) is 3.94. The van der Waals surface area contributed by atoms with E-state index in [0.29, 0.717) is 17.9 Å². The number of hydrogen-bond donors (Lipinski definition) is 2. The number of carbonyl (C=O) groups is 1. The molecule has 0 bridgehead atoms. The summed E-state index contributed by atoms with van der Waals surface area (Å²) in [5.74, 6) is 1.20. The van der Waals surface area contributed by atoms with E-state index in [0.717, 1.165) is 16.2 Å². The van der Waals surface area contributed by atoms with E-state index in [-0.39, 0.29) is 17.6 Å². The zero-order chi connectivity index (χ0) is 17.2. The average molecular weight is 342 g/mol. The molecule has 126 valence electrons. The fraction of sp³-hybridized carbons (Fsp3) is 0.316. The van der Waals surface area contributed by atoms with Crippen molar-refractivity contribution >= 4 is 23.4 Å². The van der Waals surface area contributed by atoms with Crippen molar-refractivity contribution in [3.8, 4) is 5.75 Å².